The van der Waals surface area contributed by atoms with Gasteiger partial charge in [0.2, 0.25) is 0 Å². The average Bonchev–Trinajstić information content (AvgIpc) is 3.13. The molecule has 1 aliphatic heterocycles. The Balaban J connectivity index is 1.76. The van der Waals surface area contributed by atoms with Crippen molar-refractivity contribution in [2.45, 2.75) is 19.6 Å². The van der Waals surface area contributed by atoms with E-state index in [1.165, 1.54) is 16.8 Å². The van der Waals surface area contributed by atoms with Gasteiger partial charge in [-0.05, 0) is 18.2 Å². The predicted octanol–water partition coefficient (Wildman–Crippen LogP) is 2.64. The number of hydrogen-bond donors (Lipinski definition) is 1. The van der Waals surface area contributed by atoms with Crippen LogP contribution >= 0.6 is 11.3 Å². The normalized spacial score (nSPS) is 14.2. The molecule has 0 radical (unpaired) electrons. The third kappa shape index (κ3) is 1.74. The first-order valence-corrected chi connectivity index (χ1v) is 7.65. The third-order valence-electron chi connectivity index (χ3n) is 3.82. The smallest absolute Gasteiger partial charge is 0.195 e. The van der Waals surface area contributed by atoms with Crippen molar-refractivity contribution in [3.8, 4) is 0 Å². The van der Waals surface area contributed by atoms with E-state index in [2.05, 4.69) is 50.5 Å². The van der Waals surface area contributed by atoms with E-state index in [9.17, 15) is 0 Å². The molecule has 2 aromatic heterocycles. The van der Waals surface area contributed by atoms with Crippen molar-refractivity contribution in [3.05, 3.63) is 52.7 Å². The second kappa shape index (κ2) is 4.61. The van der Waals surface area contributed by atoms with Gasteiger partial charge in [0.25, 0.3) is 0 Å². The van der Waals surface area contributed by atoms with E-state index in [-0.39, 0.29) is 0 Å². The number of benzene rings is 1. The minimum atomic E-state index is 0.833. The molecule has 0 unspecified atom stereocenters. The van der Waals surface area contributed by atoms with Crippen LogP contribution in [-0.4, -0.2) is 16.4 Å². The third-order valence-corrected chi connectivity index (χ3v) is 4.58. The lowest BCUT2D eigenvalue weighted by atomic mass is 10.1. The Morgan fingerprint density at radius 3 is 2.70 bits per heavy atom. The fraction of sp³-hybridized carbons (Fsp3) is 0.267. The number of anilines is 1. The summed E-state index contributed by atoms with van der Waals surface area (Å²) >= 11 is 1.69. The highest BCUT2D eigenvalue weighted by Gasteiger charge is 2.24. The molecule has 0 spiro atoms. The first-order valence-electron chi connectivity index (χ1n) is 6.77. The molecular formula is C15H16N4S. The minimum absolute atomic E-state index is 0.833. The van der Waals surface area contributed by atoms with Crippen LogP contribution in [0, 0.1) is 0 Å². The van der Waals surface area contributed by atoms with Crippen LogP contribution in [0.5, 0.6) is 0 Å². The Kier molecular flexibility index (Phi) is 2.75. The van der Waals surface area contributed by atoms with Crippen LogP contribution in [0.1, 0.15) is 16.8 Å². The molecule has 0 saturated heterocycles. The monoisotopic (exact) mass is 284 g/mol. The van der Waals surface area contributed by atoms with Crippen molar-refractivity contribution in [2.75, 3.05) is 11.9 Å². The summed E-state index contributed by atoms with van der Waals surface area (Å²) in [5.41, 5.74) is 4.08. The van der Waals surface area contributed by atoms with Crippen LogP contribution in [0.2, 0.25) is 0 Å². The number of imidazole rings is 1. The average molecular weight is 284 g/mol. The van der Waals surface area contributed by atoms with Gasteiger partial charge < -0.3 is 10.2 Å². The molecule has 0 bridgehead atoms. The van der Waals surface area contributed by atoms with Gasteiger partial charge in [0.05, 0.1) is 5.69 Å². The molecule has 0 saturated carbocycles. The highest BCUT2D eigenvalue weighted by molar-refractivity contribution is 7.15. The molecule has 0 amide bonds. The van der Waals surface area contributed by atoms with E-state index in [0.29, 0.717) is 0 Å². The zero-order valence-electron chi connectivity index (χ0n) is 11.3. The van der Waals surface area contributed by atoms with Crippen molar-refractivity contribution >= 4 is 22.1 Å². The first-order chi connectivity index (χ1) is 9.86. The van der Waals surface area contributed by atoms with Gasteiger partial charge >= 0.3 is 0 Å². The molecule has 102 valence electrons. The van der Waals surface area contributed by atoms with Crippen LogP contribution in [0.15, 0.2) is 35.8 Å². The summed E-state index contributed by atoms with van der Waals surface area (Å²) in [6.45, 7) is 2.75. The van der Waals surface area contributed by atoms with Gasteiger partial charge in [0, 0.05) is 31.2 Å². The van der Waals surface area contributed by atoms with E-state index < -0.39 is 0 Å². The van der Waals surface area contributed by atoms with Gasteiger partial charge in [0.1, 0.15) is 0 Å². The van der Waals surface area contributed by atoms with Gasteiger partial charge in [-0.2, -0.15) is 0 Å². The molecule has 0 atom stereocenters. The fourth-order valence-corrected chi connectivity index (χ4v) is 3.62. The number of aromatic nitrogens is 2. The van der Waals surface area contributed by atoms with Gasteiger partial charge in [-0.15, -0.1) is 11.3 Å². The maximum Gasteiger partial charge on any atom is 0.195 e. The maximum atomic E-state index is 4.82. The molecule has 3 aromatic rings. The lowest BCUT2D eigenvalue weighted by Crippen LogP contribution is -2.19. The number of nitrogens with one attached hydrogen (secondary N) is 1. The SMILES string of the molecule is CNCc1c(N2Cc3ccccc3C2)nc2sccn12. The lowest BCUT2D eigenvalue weighted by Gasteiger charge is -2.16. The Bertz CT molecular complexity index is 733. The molecule has 3 heterocycles. The highest BCUT2D eigenvalue weighted by Crippen LogP contribution is 2.31. The summed E-state index contributed by atoms with van der Waals surface area (Å²) in [5.74, 6) is 1.11. The maximum absolute atomic E-state index is 4.82. The van der Waals surface area contributed by atoms with Crippen molar-refractivity contribution in [1.82, 2.24) is 14.7 Å². The standard InChI is InChI=1S/C15H16N4S/c1-16-8-13-14(17-15-19(13)6-7-20-15)18-9-11-4-2-3-5-12(11)10-18/h2-7,16H,8-10H2,1H3. The number of thiazole rings is 1. The quantitative estimate of drug-likeness (QED) is 0.802. The molecule has 4 nitrogen and oxygen atoms in total. The second-order valence-corrected chi connectivity index (χ2v) is 5.97. The van der Waals surface area contributed by atoms with Gasteiger partial charge in [0.15, 0.2) is 10.8 Å². The fourth-order valence-electron chi connectivity index (χ4n) is 2.89. The van der Waals surface area contributed by atoms with Crippen molar-refractivity contribution in [3.63, 3.8) is 0 Å². The molecule has 1 aromatic carbocycles. The van der Waals surface area contributed by atoms with Gasteiger partial charge in [-0.3, -0.25) is 4.40 Å². The van der Waals surface area contributed by atoms with Crippen LogP contribution in [0.3, 0.4) is 0 Å². The van der Waals surface area contributed by atoms with E-state index in [4.69, 9.17) is 4.98 Å². The molecule has 1 aliphatic rings. The van der Waals surface area contributed by atoms with Crippen LogP contribution in [0.4, 0.5) is 5.82 Å². The molecule has 20 heavy (non-hydrogen) atoms. The van der Waals surface area contributed by atoms with E-state index in [0.717, 1.165) is 30.4 Å². The Labute approximate surface area is 121 Å². The minimum Gasteiger partial charge on any atom is -0.346 e. The summed E-state index contributed by atoms with van der Waals surface area (Å²) in [6.07, 6.45) is 2.10. The zero-order chi connectivity index (χ0) is 13.5. The van der Waals surface area contributed by atoms with E-state index in [1.807, 2.05) is 7.05 Å². The predicted molar refractivity (Wildman–Crippen MR) is 82.2 cm³/mol. The van der Waals surface area contributed by atoms with Gasteiger partial charge in [-0.1, -0.05) is 24.3 Å². The number of rotatable bonds is 3. The summed E-state index contributed by atoms with van der Waals surface area (Å²) in [4.78, 5) is 8.27. The molecule has 5 heteroatoms. The Morgan fingerprint density at radius 1 is 1.25 bits per heavy atom. The largest absolute Gasteiger partial charge is 0.346 e. The number of hydrogen-bond acceptors (Lipinski definition) is 4. The second-order valence-electron chi connectivity index (χ2n) is 5.09. The zero-order valence-corrected chi connectivity index (χ0v) is 12.2. The molecule has 0 fully saturated rings. The van der Waals surface area contributed by atoms with E-state index >= 15 is 0 Å². The molecular weight excluding hydrogens is 268 g/mol. The van der Waals surface area contributed by atoms with E-state index in [1.54, 1.807) is 11.3 Å². The first kappa shape index (κ1) is 11.9. The van der Waals surface area contributed by atoms with Crippen molar-refractivity contribution in [2.24, 2.45) is 0 Å². The Morgan fingerprint density at radius 2 is 2.00 bits per heavy atom. The Hall–Kier alpha value is -1.85. The number of nitrogens with zero attached hydrogens (tertiary/aromatic N) is 3. The van der Waals surface area contributed by atoms with Crippen molar-refractivity contribution in [1.29, 1.82) is 0 Å². The molecule has 1 N–H and O–H groups in total. The summed E-state index contributed by atoms with van der Waals surface area (Å²) in [6, 6.07) is 8.65. The van der Waals surface area contributed by atoms with Crippen molar-refractivity contribution < 1.29 is 0 Å². The lowest BCUT2D eigenvalue weighted by molar-refractivity contribution is 0.765. The highest BCUT2D eigenvalue weighted by atomic mass is 32.1. The van der Waals surface area contributed by atoms with Crippen LogP contribution in [0.25, 0.3) is 4.96 Å². The summed E-state index contributed by atoms with van der Waals surface area (Å²) in [5, 5.41) is 5.34. The van der Waals surface area contributed by atoms with Crippen LogP contribution < -0.4 is 10.2 Å². The topological polar surface area (TPSA) is 32.6 Å². The van der Waals surface area contributed by atoms with Gasteiger partial charge in [-0.25, -0.2) is 4.98 Å². The summed E-state index contributed by atoms with van der Waals surface area (Å²) < 4.78 is 2.19. The number of fused-ring (bicyclic) bond motifs is 2. The van der Waals surface area contributed by atoms with Crippen LogP contribution in [-0.2, 0) is 19.6 Å². The summed E-state index contributed by atoms with van der Waals surface area (Å²) in [7, 11) is 1.98. The molecule has 4 rings (SSSR count). The molecule has 0 aliphatic carbocycles.